The molecule has 2 N–H and O–H groups in total. The first-order chi connectivity index (χ1) is 9.12. The Kier molecular flexibility index (Phi) is 4.66. The molecule has 106 valence electrons. The van der Waals surface area contributed by atoms with Crippen LogP contribution in [0.3, 0.4) is 0 Å². The van der Waals surface area contributed by atoms with Gasteiger partial charge in [-0.1, -0.05) is 6.92 Å². The first-order valence-corrected chi connectivity index (χ1v) is 6.82. The summed E-state index contributed by atoms with van der Waals surface area (Å²) in [5, 5.41) is 0. The zero-order chi connectivity index (χ0) is 13.8. The van der Waals surface area contributed by atoms with E-state index < -0.39 is 0 Å². The van der Waals surface area contributed by atoms with Crippen LogP contribution in [-0.4, -0.2) is 38.3 Å². The van der Waals surface area contributed by atoms with Gasteiger partial charge in [0.15, 0.2) is 0 Å². The maximum atomic E-state index is 6.06. The van der Waals surface area contributed by atoms with Crippen LogP contribution < -0.4 is 15.2 Å². The van der Waals surface area contributed by atoms with Gasteiger partial charge in [0.2, 0.25) is 0 Å². The summed E-state index contributed by atoms with van der Waals surface area (Å²) >= 11 is 0. The number of benzene rings is 1. The molecule has 2 rings (SSSR count). The van der Waals surface area contributed by atoms with Gasteiger partial charge in [0.25, 0.3) is 0 Å². The number of hydrogen-bond donors (Lipinski definition) is 1. The predicted octanol–water partition coefficient (Wildman–Crippen LogP) is 1.87. The Morgan fingerprint density at radius 2 is 1.84 bits per heavy atom. The van der Waals surface area contributed by atoms with Gasteiger partial charge in [0.05, 0.1) is 14.2 Å². The lowest BCUT2D eigenvalue weighted by atomic mass is 9.94. The zero-order valence-electron chi connectivity index (χ0n) is 12.1. The highest BCUT2D eigenvalue weighted by Crippen LogP contribution is 2.25. The Hall–Kier alpha value is -1.26. The van der Waals surface area contributed by atoms with E-state index in [1.165, 1.54) is 5.56 Å². The van der Waals surface area contributed by atoms with E-state index in [4.69, 9.17) is 15.2 Å². The van der Waals surface area contributed by atoms with Crippen LogP contribution in [0.15, 0.2) is 18.2 Å². The molecular weight excluding hydrogens is 240 g/mol. The van der Waals surface area contributed by atoms with Crippen molar-refractivity contribution in [1.29, 1.82) is 0 Å². The van der Waals surface area contributed by atoms with E-state index in [9.17, 15) is 0 Å². The molecule has 0 aromatic heterocycles. The summed E-state index contributed by atoms with van der Waals surface area (Å²) in [5.74, 6) is 2.24. The van der Waals surface area contributed by atoms with Crippen molar-refractivity contribution in [2.45, 2.75) is 25.9 Å². The normalized spacial score (nSPS) is 24.2. The van der Waals surface area contributed by atoms with Crippen LogP contribution in [0.5, 0.6) is 11.5 Å². The van der Waals surface area contributed by atoms with Gasteiger partial charge in [0.1, 0.15) is 11.5 Å². The molecule has 4 nitrogen and oxygen atoms in total. The summed E-state index contributed by atoms with van der Waals surface area (Å²) in [5.41, 5.74) is 7.28. The van der Waals surface area contributed by atoms with E-state index in [-0.39, 0.29) is 0 Å². The van der Waals surface area contributed by atoms with Crippen LogP contribution in [0.2, 0.25) is 0 Å². The van der Waals surface area contributed by atoms with Gasteiger partial charge in [-0.25, -0.2) is 0 Å². The molecule has 0 amide bonds. The summed E-state index contributed by atoms with van der Waals surface area (Å²) in [6, 6.07) is 6.39. The Balaban J connectivity index is 2.06. The SMILES string of the molecule is COc1cc(CN2CCC(N)C(C)C2)cc(OC)c1. The number of likely N-dealkylation sites (tertiary alicyclic amines) is 1. The maximum absolute atomic E-state index is 6.06. The van der Waals surface area contributed by atoms with Gasteiger partial charge < -0.3 is 15.2 Å². The summed E-state index contributed by atoms with van der Waals surface area (Å²) in [7, 11) is 3.36. The topological polar surface area (TPSA) is 47.7 Å². The molecule has 2 atom stereocenters. The number of ether oxygens (including phenoxy) is 2. The van der Waals surface area contributed by atoms with E-state index in [0.717, 1.165) is 37.6 Å². The summed E-state index contributed by atoms with van der Waals surface area (Å²) in [4.78, 5) is 2.45. The molecule has 1 saturated heterocycles. The second-order valence-electron chi connectivity index (χ2n) is 5.39. The molecule has 1 fully saturated rings. The molecule has 19 heavy (non-hydrogen) atoms. The van der Waals surface area contributed by atoms with Gasteiger partial charge in [-0.15, -0.1) is 0 Å². The van der Waals surface area contributed by atoms with Crippen LogP contribution in [0.25, 0.3) is 0 Å². The monoisotopic (exact) mass is 264 g/mol. The van der Waals surface area contributed by atoms with Crippen molar-refractivity contribution in [3.63, 3.8) is 0 Å². The van der Waals surface area contributed by atoms with Crippen molar-refractivity contribution in [3.8, 4) is 11.5 Å². The highest BCUT2D eigenvalue weighted by Gasteiger charge is 2.23. The third kappa shape index (κ3) is 3.61. The van der Waals surface area contributed by atoms with E-state index in [1.807, 2.05) is 6.07 Å². The Morgan fingerprint density at radius 3 is 2.37 bits per heavy atom. The van der Waals surface area contributed by atoms with E-state index >= 15 is 0 Å². The first kappa shape index (κ1) is 14.2. The minimum Gasteiger partial charge on any atom is -0.497 e. The number of rotatable bonds is 4. The number of piperidine rings is 1. The molecule has 0 spiro atoms. The van der Waals surface area contributed by atoms with Gasteiger partial charge in [-0.3, -0.25) is 4.90 Å². The number of nitrogens with two attached hydrogens (primary N) is 1. The highest BCUT2D eigenvalue weighted by molar-refractivity contribution is 5.38. The summed E-state index contributed by atoms with van der Waals surface area (Å²) in [6.07, 6.45) is 1.07. The third-order valence-corrected chi connectivity index (χ3v) is 3.87. The number of hydrogen-bond acceptors (Lipinski definition) is 4. The van der Waals surface area contributed by atoms with Crippen LogP contribution in [0.1, 0.15) is 18.9 Å². The van der Waals surface area contributed by atoms with E-state index in [0.29, 0.717) is 12.0 Å². The van der Waals surface area contributed by atoms with E-state index in [2.05, 4.69) is 24.0 Å². The standard InChI is InChI=1S/C15H24N2O2/c1-11-9-17(5-4-15(11)16)10-12-6-13(18-2)8-14(7-12)19-3/h6-8,11,15H,4-5,9-10,16H2,1-3H3. The molecule has 0 radical (unpaired) electrons. The minimum absolute atomic E-state index is 0.344. The van der Waals surface area contributed by atoms with Gasteiger partial charge in [-0.2, -0.15) is 0 Å². The lowest BCUT2D eigenvalue weighted by Crippen LogP contribution is -2.45. The first-order valence-electron chi connectivity index (χ1n) is 6.82. The molecule has 1 heterocycles. The Morgan fingerprint density at radius 1 is 1.21 bits per heavy atom. The summed E-state index contributed by atoms with van der Waals surface area (Å²) < 4.78 is 10.6. The quantitative estimate of drug-likeness (QED) is 0.902. The second kappa shape index (κ2) is 6.26. The van der Waals surface area contributed by atoms with Gasteiger partial charge in [0, 0.05) is 25.2 Å². The molecule has 0 bridgehead atoms. The minimum atomic E-state index is 0.344. The van der Waals surface area contributed by atoms with E-state index in [1.54, 1.807) is 14.2 Å². The average molecular weight is 264 g/mol. The maximum Gasteiger partial charge on any atom is 0.122 e. The van der Waals surface area contributed by atoms with Crippen molar-refractivity contribution in [2.24, 2.45) is 11.7 Å². The molecule has 1 aromatic rings. The smallest absolute Gasteiger partial charge is 0.122 e. The largest absolute Gasteiger partial charge is 0.497 e. The third-order valence-electron chi connectivity index (χ3n) is 3.87. The zero-order valence-corrected chi connectivity index (χ0v) is 12.1. The lowest BCUT2D eigenvalue weighted by Gasteiger charge is -2.35. The number of nitrogens with zero attached hydrogens (tertiary/aromatic N) is 1. The molecule has 1 aliphatic heterocycles. The van der Waals surface area contributed by atoms with Gasteiger partial charge in [-0.05, 0) is 36.6 Å². The second-order valence-corrected chi connectivity index (χ2v) is 5.39. The Bertz CT molecular complexity index is 400. The number of methoxy groups -OCH3 is 2. The molecule has 2 unspecified atom stereocenters. The predicted molar refractivity (Wildman–Crippen MR) is 76.6 cm³/mol. The van der Waals surface area contributed by atoms with Crippen LogP contribution in [-0.2, 0) is 6.54 Å². The van der Waals surface area contributed by atoms with Crippen LogP contribution >= 0.6 is 0 Å². The molecule has 4 heteroatoms. The van der Waals surface area contributed by atoms with Crippen LogP contribution in [0, 0.1) is 5.92 Å². The van der Waals surface area contributed by atoms with Crippen molar-refractivity contribution in [1.82, 2.24) is 4.90 Å². The fourth-order valence-electron chi connectivity index (χ4n) is 2.61. The lowest BCUT2D eigenvalue weighted by molar-refractivity contribution is 0.157. The van der Waals surface area contributed by atoms with Gasteiger partial charge >= 0.3 is 0 Å². The average Bonchev–Trinajstić information content (AvgIpc) is 2.42. The van der Waals surface area contributed by atoms with Crippen LogP contribution in [0.4, 0.5) is 0 Å². The fourth-order valence-corrected chi connectivity index (χ4v) is 2.61. The van der Waals surface area contributed by atoms with Crippen molar-refractivity contribution < 1.29 is 9.47 Å². The molecule has 1 aromatic carbocycles. The van der Waals surface area contributed by atoms with Crippen molar-refractivity contribution in [3.05, 3.63) is 23.8 Å². The molecule has 1 aliphatic rings. The molecular formula is C15H24N2O2. The summed E-state index contributed by atoms with van der Waals surface area (Å²) in [6.45, 7) is 5.26. The fraction of sp³-hybridized carbons (Fsp3) is 0.600. The van der Waals surface area contributed by atoms with Crippen molar-refractivity contribution in [2.75, 3.05) is 27.3 Å². The van der Waals surface area contributed by atoms with Crippen molar-refractivity contribution >= 4 is 0 Å². The molecule has 0 aliphatic carbocycles. The Labute approximate surface area is 115 Å². The molecule has 0 saturated carbocycles. The highest BCUT2D eigenvalue weighted by atomic mass is 16.5.